The second kappa shape index (κ2) is 7.41. The van der Waals surface area contributed by atoms with Crippen LogP contribution in [0.1, 0.15) is 19.4 Å². The molecule has 1 aromatic carbocycles. The first-order chi connectivity index (χ1) is 9.66. The van der Waals surface area contributed by atoms with Crippen molar-refractivity contribution in [3.8, 4) is 0 Å². The molecule has 1 aliphatic heterocycles. The number of esters is 1. The van der Waals surface area contributed by atoms with Gasteiger partial charge in [0.15, 0.2) is 0 Å². The highest BCUT2D eigenvalue weighted by Gasteiger charge is 2.24. The molecule has 0 bridgehead atoms. The first-order valence-corrected chi connectivity index (χ1v) is 7.19. The van der Waals surface area contributed by atoms with Gasteiger partial charge in [0.25, 0.3) is 0 Å². The molecule has 0 aromatic heterocycles. The van der Waals surface area contributed by atoms with E-state index in [0.29, 0.717) is 12.6 Å². The number of hydrogen-bond acceptors (Lipinski definition) is 4. The predicted octanol–water partition coefficient (Wildman–Crippen LogP) is 2.09. The van der Waals surface area contributed by atoms with E-state index in [9.17, 15) is 4.79 Å². The van der Waals surface area contributed by atoms with Gasteiger partial charge < -0.3 is 9.47 Å². The Kier molecular flexibility index (Phi) is 5.56. The fraction of sp³-hybridized carbons (Fsp3) is 0.562. The van der Waals surface area contributed by atoms with E-state index in [4.69, 9.17) is 9.47 Å². The van der Waals surface area contributed by atoms with E-state index >= 15 is 0 Å². The van der Waals surface area contributed by atoms with E-state index in [0.717, 1.165) is 31.9 Å². The van der Waals surface area contributed by atoms with Crippen molar-refractivity contribution in [2.45, 2.75) is 26.5 Å². The molecule has 2 rings (SSSR count). The van der Waals surface area contributed by atoms with Crippen molar-refractivity contribution in [3.63, 3.8) is 0 Å². The maximum Gasteiger partial charge on any atom is 0.310 e. The number of ether oxygens (including phenoxy) is 2. The minimum absolute atomic E-state index is 0.112. The van der Waals surface area contributed by atoms with E-state index in [2.05, 4.69) is 11.8 Å². The Bertz CT molecular complexity index is 421. The van der Waals surface area contributed by atoms with Crippen molar-refractivity contribution in [2.75, 3.05) is 26.3 Å². The van der Waals surface area contributed by atoms with E-state index in [1.165, 1.54) is 0 Å². The molecule has 1 aliphatic rings. The highest BCUT2D eigenvalue weighted by atomic mass is 16.5. The molecule has 1 heterocycles. The molecular weight excluding hydrogens is 254 g/mol. The first-order valence-electron chi connectivity index (χ1n) is 7.19. The zero-order valence-corrected chi connectivity index (χ0v) is 12.2. The topological polar surface area (TPSA) is 38.8 Å². The first kappa shape index (κ1) is 15.0. The van der Waals surface area contributed by atoms with E-state index in [1.807, 2.05) is 37.3 Å². The third-order valence-electron chi connectivity index (χ3n) is 3.64. The molecule has 1 fully saturated rings. The Morgan fingerprint density at radius 2 is 2.20 bits per heavy atom. The molecule has 2 atom stereocenters. The second-order valence-electron chi connectivity index (χ2n) is 5.41. The van der Waals surface area contributed by atoms with Crippen LogP contribution < -0.4 is 0 Å². The molecule has 4 heteroatoms. The van der Waals surface area contributed by atoms with Crippen LogP contribution in [0.25, 0.3) is 0 Å². The minimum Gasteiger partial charge on any atom is -0.461 e. The van der Waals surface area contributed by atoms with Crippen molar-refractivity contribution in [3.05, 3.63) is 35.9 Å². The summed E-state index contributed by atoms with van der Waals surface area (Å²) < 4.78 is 10.8. The lowest BCUT2D eigenvalue weighted by atomic mass is 10.1. The van der Waals surface area contributed by atoms with Crippen molar-refractivity contribution in [1.82, 2.24) is 4.90 Å². The number of carbonyl (C=O) groups is 1. The lowest BCUT2D eigenvalue weighted by molar-refractivity contribution is -0.150. The van der Waals surface area contributed by atoms with Crippen LogP contribution in [0, 0.1) is 5.92 Å². The zero-order chi connectivity index (χ0) is 14.4. The van der Waals surface area contributed by atoms with Crippen LogP contribution in [-0.4, -0.2) is 43.2 Å². The molecule has 0 amide bonds. The van der Waals surface area contributed by atoms with Gasteiger partial charge in [-0.25, -0.2) is 0 Å². The minimum atomic E-state index is -0.132. The summed E-state index contributed by atoms with van der Waals surface area (Å²) in [6, 6.07) is 10.1. The number of hydrogen-bond donors (Lipinski definition) is 0. The van der Waals surface area contributed by atoms with Gasteiger partial charge in [-0.2, -0.15) is 0 Å². The third kappa shape index (κ3) is 4.32. The third-order valence-corrected chi connectivity index (χ3v) is 3.64. The lowest BCUT2D eigenvalue weighted by Crippen LogP contribution is -2.46. The molecule has 0 saturated carbocycles. The van der Waals surface area contributed by atoms with Crippen molar-refractivity contribution in [2.24, 2.45) is 5.92 Å². The largest absolute Gasteiger partial charge is 0.461 e. The van der Waals surface area contributed by atoms with Gasteiger partial charge in [0, 0.05) is 19.1 Å². The van der Waals surface area contributed by atoms with Gasteiger partial charge in [-0.3, -0.25) is 9.69 Å². The smallest absolute Gasteiger partial charge is 0.310 e. The monoisotopic (exact) mass is 277 g/mol. The number of benzene rings is 1. The predicted molar refractivity (Wildman–Crippen MR) is 77.3 cm³/mol. The summed E-state index contributed by atoms with van der Waals surface area (Å²) in [5, 5.41) is 0. The Morgan fingerprint density at radius 1 is 1.45 bits per heavy atom. The number of rotatable bonds is 5. The summed E-state index contributed by atoms with van der Waals surface area (Å²) in [5.41, 5.74) is 1.02. The van der Waals surface area contributed by atoms with Gasteiger partial charge in [0.05, 0.1) is 19.1 Å². The van der Waals surface area contributed by atoms with Gasteiger partial charge in [-0.1, -0.05) is 37.3 Å². The van der Waals surface area contributed by atoms with Crippen LogP contribution in [-0.2, 0) is 20.9 Å². The maximum atomic E-state index is 12.0. The molecule has 1 aromatic rings. The lowest BCUT2D eigenvalue weighted by Gasteiger charge is -2.34. The van der Waals surface area contributed by atoms with Gasteiger partial charge in [0.2, 0.25) is 0 Å². The highest BCUT2D eigenvalue weighted by molar-refractivity contribution is 5.72. The molecular formula is C16H23NO3. The molecule has 1 saturated heterocycles. The summed E-state index contributed by atoms with van der Waals surface area (Å²) in [5.74, 6) is -0.244. The summed E-state index contributed by atoms with van der Waals surface area (Å²) in [7, 11) is 0. The molecule has 4 nitrogen and oxygen atoms in total. The number of carbonyl (C=O) groups excluding carboxylic acids is 1. The molecule has 0 radical (unpaired) electrons. The fourth-order valence-corrected chi connectivity index (χ4v) is 2.33. The molecule has 110 valence electrons. The van der Waals surface area contributed by atoms with Gasteiger partial charge >= 0.3 is 5.97 Å². The summed E-state index contributed by atoms with van der Waals surface area (Å²) >= 11 is 0. The molecule has 20 heavy (non-hydrogen) atoms. The van der Waals surface area contributed by atoms with Crippen molar-refractivity contribution >= 4 is 5.97 Å². The number of nitrogens with zero attached hydrogens (tertiary/aromatic N) is 1. The Balaban J connectivity index is 1.77. The number of morpholine rings is 1. The van der Waals surface area contributed by atoms with Crippen LogP contribution in [0.4, 0.5) is 0 Å². The van der Waals surface area contributed by atoms with Crippen LogP contribution in [0.2, 0.25) is 0 Å². The quantitative estimate of drug-likeness (QED) is 0.773. The maximum absolute atomic E-state index is 12.0. The summed E-state index contributed by atoms with van der Waals surface area (Å²) in [6.45, 7) is 7.51. The molecule has 0 aliphatic carbocycles. The standard InChI is InChI=1S/C16H23NO3/c1-13(10-17-8-9-19-11-14(17)2)16(18)20-12-15-6-4-3-5-7-15/h3-7,13-14H,8-12H2,1-2H3. The molecule has 2 unspecified atom stereocenters. The molecule has 0 spiro atoms. The van der Waals surface area contributed by atoms with Crippen LogP contribution in [0.15, 0.2) is 30.3 Å². The fourth-order valence-electron chi connectivity index (χ4n) is 2.33. The highest BCUT2D eigenvalue weighted by Crippen LogP contribution is 2.11. The Hall–Kier alpha value is -1.39. The van der Waals surface area contributed by atoms with Crippen LogP contribution in [0.3, 0.4) is 0 Å². The van der Waals surface area contributed by atoms with E-state index in [-0.39, 0.29) is 11.9 Å². The van der Waals surface area contributed by atoms with Crippen molar-refractivity contribution < 1.29 is 14.3 Å². The van der Waals surface area contributed by atoms with Gasteiger partial charge in [0.1, 0.15) is 6.61 Å². The van der Waals surface area contributed by atoms with Crippen LogP contribution in [0.5, 0.6) is 0 Å². The van der Waals surface area contributed by atoms with E-state index in [1.54, 1.807) is 0 Å². The SMILES string of the molecule is CC(CN1CCOCC1C)C(=O)OCc1ccccc1. The molecule has 0 N–H and O–H groups in total. The Morgan fingerprint density at radius 3 is 2.90 bits per heavy atom. The van der Waals surface area contributed by atoms with Crippen LogP contribution >= 0.6 is 0 Å². The zero-order valence-electron chi connectivity index (χ0n) is 12.2. The second-order valence-corrected chi connectivity index (χ2v) is 5.41. The van der Waals surface area contributed by atoms with Crippen molar-refractivity contribution in [1.29, 1.82) is 0 Å². The summed E-state index contributed by atoms with van der Waals surface area (Å²) in [6.07, 6.45) is 0. The van der Waals surface area contributed by atoms with E-state index < -0.39 is 0 Å². The normalized spacial score (nSPS) is 21.4. The Labute approximate surface area is 120 Å². The van der Waals surface area contributed by atoms with Gasteiger partial charge in [-0.15, -0.1) is 0 Å². The average Bonchev–Trinajstić information content (AvgIpc) is 2.48. The summed E-state index contributed by atoms with van der Waals surface area (Å²) in [4.78, 5) is 14.3. The van der Waals surface area contributed by atoms with Gasteiger partial charge in [-0.05, 0) is 12.5 Å². The average molecular weight is 277 g/mol.